The quantitative estimate of drug-likeness (QED) is 0.233. The number of hydrogen-bond donors (Lipinski definition) is 0. The number of carbonyl (C=O) groups excluding carboxylic acids is 1. The number of methoxy groups -OCH3 is 1. The van der Waals surface area contributed by atoms with Crippen molar-refractivity contribution in [3.8, 4) is 34.1 Å². The standard InChI is InChI=1S/C29H19F2NO2/c1-34-28-17-23(21-7-11-24(30)12-8-21)16-26(22-9-13-25(31)14-10-22)29(28)27(33)15-6-19-2-4-20(18-32)5-3-19/h2-17H,1H3/b15-6+. The van der Waals surface area contributed by atoms with E-state index in [9.17, 15) is 13.6 Å². The zero-order valence-electron chi connectivity index (χ0n) is 18.3. The van der Waals surface area contributed by atoms with E-state index >= 15 is 0 Å². The fourth-order valence-corrected chi connectivity index (χ4v) is 3.62. The van der Waals surface area contributed by atoms with E-state index in [4.69, 9.17) is 10.00 Å². The molecule has 0 heterocycles. The van der Waals surface area contributed by atoms with Crippen LogP contribution >= 0.6 is 0 Å². The number of hydrogen-bond acceptors (Lipinski definition) is 3. The lowest BCUT2D eigenvalue weighted by Crippen LogP contribution is -2.03. The van der Waals surface area contributed by atoms with Gasteiger partial charge in [0.15, 0.2) is 5.78 Å². The molecule has 0 fully saturated rings. The molecular formula is C29H19F2NO2. The average Bonchev–Trinajstić information content (AvgIpc) is 2.87. The number of nitrogens with zero attached hydrogens (tertiary/aromatic N) is 1. The Morgan fingerprint density at radius 3 is 1.97 bits per heavy atom. The van der Waals surface area contributed by atoms with E-state index in [0.29, 0.717) is 28.0 Å². The van der Waals surface area contributed by atoms with Crippen molar-refractivity contribution >= 4 is 11.9 Å². The molecule has 0 atom stereocenters. The highest BCUT2D eigenvalue weighted by molar-refractivity contribution is 6.13. The number of rotatable bonds is 6. The fourth-order valence-electron chi connectivity index (χ4n) is 3.62. The number of nitriles is 1. The molecule has 4 aromatic carbocycles. The van der Waals surface area contributed by atoms with Gasteiger partial charge in [0.25, 0.3) is 0 Å². The Kier molecular flexibility index (Phi) is 6.61. The van der Waals surface area contributed by atoms with Crippen LogP contribution in [0, 0.1) is 23.0 Å². The van der Waals surface area contributed by atoms with Crippen LogP contribution in [0.3, 0.4) is 0 Å². The molecule has 0 bridgehead atoms. The number of ketones is 1. The van der Waals surface area contributed by atoms with Crippen LogP contribution in [0.15, 0.2) is 91.0 Å². The summed E-state index contributed by atoms with van der Waals surface area (Å²) in [5.74, 6) is -0.699. The lowest BCUT2D eigenvalue weighted by Gasteiger charge is -2.15. The van der Waals surface area contributed by atoms with E-state index in [-0.39, 0.29) is 17.4 Å². The van der Waals surface area contributed by atoms with Crippen LogP contribution in [0.2, 0.25) is 0 Å². The van der Waals surface area contributed by atoms with Gasteiger partial charge in [-0.3, -0.25) is 4.79 Å². The van der Waals surface area contributed by atoms with Crippen molar-refractivity contribution in [3.63, 3.8) is 0 Å². The first-order valence-electron chi connectivity index (χ1n) is 10.4. The van der Waals surface area contributed by atoms with Crippen LogP contribution in [0.5, 0.6) is 5.75 Å². The molecule has 0 aliphatic heterocycles. The highest BCUT2D eigenvalue weighted by atomic mass is 19.1. The summed E-state index contributed by atoms with van der Waals surface area (Å²) in [6, 6.07) is 24.3. The van der Waals surface area contributed by atoms with Crippen molar-refractivity contribution in [2.45, 2.75) is 0 Å². The van der Waals surface area contributed by atoms with Crippen molar-refractivity contribution in [2.75, 3.05) is 7.11 Å². The Hall–Kier alpha value is -4.56. The minimum atomic E-state index is -0.390. The largest absolute Gasteiger partial charge is 0.496 e. The second-order valence-electron chi connectivity index (χ2n) is 7.55. The molecule has 4 rings (SSSR count). The van der Waals surface area contributed by atoms with Gasteiger partial charge in [-0.25, -0.2) is 8.78 Å². The van der Waals surface area contributed by atoms with Crippen LogP contribution in [0.4, 0.5) is 8.78 Å². The molecule has 4 aromatic rings. The van der Waals surface area contributed by atoms with Gasteiger partial charge in [0, 0.05) is 0 Å². The SMILES string of the molecule is COc1cc(-c2ccc(F)cc2)cc(-c2ccc(F)cc2)c1C(=O)/C=C/c1ccc(C#N)cc1. The molecule has 166 valence electrons. The van der Waals surface area contributed by atoms with Crippen molar-refractivity contribution < 1.29 is 18.3 Å². The maximum absolute atomic E-state index is 13.6. The Morgan fingerprint density at radius 1 is 0.824 bits per heavy atom. The molecule has 0 spiro atoms. The third-order valence-corrected chi connectivity index (χ3v) is 5.37. The smallest absolute Gasteiger partial charge is 0.190 e. The van der Waals surface area contributed by atoms with E-state index in [0.717, 1.165) is 16.7 Å². The molecule has 0 saturated heterocycles. The van der Waals surface area contributed by atoms with Crippen molar-refractivity contribution in [1.29, 1.82) is 5.26 Å². The highest BCUT2D eigenvalue weighted by Gasteiger charge is 2.19. The summed E-state index contributed by atoms with van der Waals surface area (Å²) in [5.41, 5.74) is 4.29. The summed E-state index contributed by atoms with van der Waals surface area (Å²) in [5, 5.41) is 8.95. The summed E-state index contributed by atoms with van der Waals surface area (Å²) >= 11 is 0. The maximum Gasteiger partial charge on any atom is 0.190 e. The number of allylic oxidation sites excluding steroid dienone is 1. The van der Waals surface area contributed by atoms with Gasteiger partial charge in [-0.15, -0.1) is 0 Å². The summed E-state index contributed by atoms with van der Waals surface area (Å²) in [7, 11) is 1.47. The summed E-state index contributed by atoms with van der Waals surface area (Å²) < 4.78 is 32.6. The maximum atomic E-state index is 13.6. The van der Waals surface area contributed by atoms with E-state index < -0.39 is 0 Å². The predicted octanol–water partition coefficient (Wildman–Crippen LogP) is 7.08. The van der Waals surface area contributed by atoms with E-state index in [2.05, 4.69) is 6.07 Å². The predicted molar refractivity (Wildman–Crippen MR) is 128 cm³/mol. The number of carbonyl (C=O) groups is 1. The van der Waals surface area contributed by atoms with Gasteiger partial charge in [0.05, 0.1) is 24.3 Å². The first kappa shape index (κ1) is 22.6. The molecule has 0 aliphatic carbocycles. The van der Waals surface area contributed by atoms with E-state index in [1.165, 1.54) is 37.5 Å². The molecule has 0 aromatic heterocycles. The highest BCUT2D eigenvalue weighted by Crippen LogP contribution is 2.37. The van der Waals surface area contributed by atoms with Crippen LogP contribution < -0.4 is 4.74 Å². The van der Waals surface area contributed by atoms with Crippen LogP contribution in [0.25, 0.3) is 28.3 Å². The monoisotopic (exact) mass is 451 g/mol. The van der Waals surface area contributed by atoms with E-state index in [1.54, 1.807) is 60.7 Å². The van der Waals surface area contributed by atoms with Gasteiger partial charge >= 0.3 is 0 Å². The minimum Gasteiger partial charge on any atom is -0.496 e. The molecule has 34 heavy (non-hydrogen) atoms. The minimum absolute atomic E-state index is 0.300. The van der Waals surface area contributed by atoms with Gasteiger partial charge in [-0.1, -0.05) is 42.5 Å². The number of ether oxygens (including phenoxy) is 1. The molecule has 5 heteroatoms. The Balaban J connectivity index is 1.83. The van der Waals surface area contributed by atoms with Gasteiger partial charge in [0.1, 0.15) is 17.4 Å². The van der Waals surface area contributed by atoms with Gasteiger partial charge < -0.3 is 4.74 Å². The first-order valence-corrected chi connectivity index (χ1v) is 10.4. The van der Waals surface area contributed by atoms with Crippen LogP contribution in [0.1, 0.15) is 21.5 Å². The van der Waals surface area contributed by atoms with Crippen LogP contribution in [-0.4, -0.2) is 12.9 Å². The third-order valence-electron chi connectivity index (χ3n) is 5.37. The lowest BCUT2D eigenvalue weighted by molar-refractivity contribution is 0.104. The second-order valence-corrected chi connectivity index (χ2v) is 7.55. The summed E-state index contributed by atoms with van der Waals surface area (Å²) in [4.78, 5) is 13.3. The Labute approximate surface area is 196 Å². The molecule has 3 nitrogen and oxygen atoms in total. The van der Waals surface area contributed by atoms with Crippen molar-refractivity contribution in [2.24, 2.45) is 0 Å². The molecule has 0 N–H and O–H groups in total. The number of halogens is 2. The fraction of sp³-hybridized carbons (Fsp3) is 0.0345. The van der Waals surface area contributed by atoms with Crippen molar-refractivity contribution in [3.05, 3.63) is 119 Å². The number of benzene rings is 4. The Morgan fingerprint density at radius 2 is 1.41 bits per heavy atom. The van der Waals surface area contributed by atoms with E-state index in [1.807, 2.05) is 6.07 Å². The van der Waals surface area contributed by atoms with Gasteiger partial charge in [0.2, 0.25) is 0 Å². The molecule has 0 amide bonds. The molecule has 0 unspecified atom stereocenters. The summed E-state index contributed by atoms with van der Waals surface area (Å²) in [6.45, 7) is 0. The zero-order valence-corrected chi connectivity index (χ0v) is 18.3. The van der Waals surface area contributed by atoms with Crippen LogP contribution in [-0.2, 0) is 0 Å². The molecular weight excluding hydrogens is 432 g/mol. The molecule has 0 radical (unpaired) electrons. The molecule has 0 aliphatic rings. The average molecular weight is 451 g/mol. The Bertz CT molecular complexity index is 1400. The third kappa shape index (κ3) is 4.92. The molecule has 0 saturated carbocycles. The summed E-state index contributed by atoms with van der Waals surface area (Å²) in [6.07, 6.45) is 3.09. The topological polar surface area (TPSA) is 50.1 Å². The first-order chi connectivity index (χ1) is 16.5. The normalized spacial score (nSPS) is 10.8. The van der Waals surface area contributed by atoms with Gasteiger partial charge in [-0.05, 0) is 82.4 Å². The lowest BCUT2D eigenvalue weighted by atomic mass is 9.91. The van der Waals surface area contributed by atoms with Gasteiger partial charge in [-0.2, -0.15) is 5.26 Å². The second kappa shape index (κ2) is 9.93. The zero-order chi connectivity index (χ0) is 24.1. The van der Waals surface area contributed by atoms with Crippen molar-refractivity contribution in [1.82, 2.24) is 0 Å².